The molecule has 0 spiro atoms. The van der Waals surface area contributed by atoms with E-state index < -0.39 is 16.1 Å². The molecule has 0 radical (unpaired) electrons. The summed E-state index contributed by atoms with van der Waals surface area (Å²) in [6.07, 6.45) is -0.257. The van der Waals surface area contributed by atoms with E-state index in [4.69, 9.17) is 4.74 Å². The number of hydrogen-bond acceptors (Lipinski definition) is 5. The molecule has 0 fully saturated rings. The zero-order valence-corrected chi connectivity index (χ0v) is 19.6. The molecule has 8 heteroatoms. The quantitative estimate of drug-likeness (QED) is 0.711. The first-order valence-corrected chi connectivity index (χ1v) is 11.9. The molecule has 0 saturated heterocycles. The van der Waals surface area contributed by atoms with Crippen molar-refractivity contribution in [1.29, 1.82) is 0 Å². The molecule has 1 aliphatic rings. The van der Waals surface area contributed by atoms with Gasteiger partial charge >= 0.3 is 0 Å². The van der Waals surface area contributed by atoms with Crippen LogP contribution in [0.1, 0.15) is 25.0 Å². The van der Waals surface area contributed by atoms with E-state index in [-0.39, 0.29) is 41.6 Å². The van der Waals surface area contributed by atoms with Crippen LogP contribution in [0.15, 0.2) is 47.4 Å². The SMILES string of the molecule is C[C@H](CO)N1C[C@H](C)[C@@H](CN(C)C)Oc2cc(C#Cc3ccc(F)cc3)ccc2S1(=O)=O. The predicted molar refractivity (Wildman–Crippen MR) is 121 cm³/mol. The van der Waals surface area contributed by atoms with Crippen LogP contribution in [0.25, 0.3) is 0 Å². The molecule has 1 N–H and O–H groups in total. The van der Waals surface area contributed by atoms with Gasteiger partial charge in [0, 0.05) is 36.2 Å². The summed E-state index contributed by atoms with van der Waals surface area (Å²) in [4.78, 5) is 2.05. The maximum atomic E-state index is 13.4. The lowest BCUT2D eigenvalue weighted by molar-refractivity contribution is 0.0812. The third-order valence-electron chi connectivity index (χ3n) is 5.41. The minimum atomic E-state index is -3.88. The molecule has 0 aliphatic carbocycles. The van der Waals surface area contributed by atoms with Gasteiger partial charge in [0.1, 0.15) is 22.6 Å². The first kappa shape index (κ1) is 24.2. The van der Waals surface area contributed by atoms with Gasteiger partial charge in [0.05, 0.1) is 6.61 Å². The summed E-state index contributed by atoms with van der Waals surface area (Å²) in [5.74, 6) is 5.75. The largest absolute Gasteiger partial charge is 0.487 e. The van der Waals surface area contributed by atoms with Crippen molar-refractivity contribution in [2.24, 2.45) is 5.92 Å². The monoisotopic (exact) mass is 460 g/mol. The highest BCUT2D eigenvalue weighted by atomic mass is 32.2. The fourth-order valence-corrected chi connectivity index (χ4v) is 5.38. The van der Waals surface area contributed by atoms with Gasteiger partial charge < -0.3 is 14.7 Å². The van der Waals surface area contributed by atoms with E-state index in [1.54, 1.807) is 31.2 Å². The van der Waals surface area contributed by atoms with E-state index in [9.17, 15) is 17.9 Å². The fraction of sp³-hybridized carbons (Fsp3) is 0.417. The molecule has 0 saturated carbocycles. The van der Waals surface area contributed by atoms with Gasteiger partial charge in [-0.3, -0.25) is 0 Å². The molecular formula is C24H29FN2O4S. The molecule has 0 bridgehead atoms. The average Bonchev–Trinajstić information content (AvgIpc) is 2.75. The number of rotatable bonds is 4. The second kappa shape index (κ2) is 10.0. The lowest BCUT2D eigenvalue weighted by atomic mass is 10.0. The minimum absolute atomic E-state index is 0.0563. The Morgan fingerprint density at radius 3 is 2.44 bits per heavy atom. The molecule has 0 amide bonds. The molecule has 172 valence electrons. The smallest absolute Gasteiger partial charge is 0.247 e. The van der Waals surface area contributed by atoms with Crippen LogP contribution in [-0.2, 0) is 10.0 Å². The Hall–Kier alpha value is -2.44. The Morgan fingerprint density at radius 2 is 1.81 bits per heavy atom. The van der Waals surface area contributed by atoms with Crippen LogP contribution >= 0.6 is 0 Å². The third kappa shape index (κ3) is 5.48. The Bertz CT molecular complexity index is 1110. The lowest BCUT2D eigenvalue weighted by Gasteiger charge is -2.37. The van der Waals surface area contributed by atoms with Gasteiger partial charge in [-0.1, -0.05) is 18.8 Å². The van der Waals surface area contributed by atoms with Gasteiger partial charge in [0.15, 0.2) is 0 Å². The fourth-order valence-electron chi connectivity index (χ4n) is 3.56. The van der Waals surface area contributed by atoms with E-state index in [1.807, 2.05) is 25.9 Å². The number of aliphatic hydroxyl groups excluding tert-OH is 1. The summed E-state index contributed by atoms with van der Waals surface area (Å²) in [5.41, 5.74) is 1.23. The minimum Gasteiger partial charge on any atom is -0.487 e. The highest BCUT2D eigenvalue weighted by molar-refractivity contribution is 7.89. The number of likely N-dealkylation sites (N-methyl/N-ethyl adjacent to an activating group) is 1. The first-order chi connectivity index (χ1) is 15.1. The summed E-state index contributed by atoms with van der Waals surface area (Å²) in [6.45, 7) is 4.21. The number of nitrogens with zero attached hydrogens (tertiary/aromatic N) is 2. The van der Waals surface area contributed by atoms with Gasteiger partial charge in [-0.2, -0.15) is 4.31 Å². The maximum Gasteiger partial charge on any atom is 0.247 e. The summed E-state index contributed by atoms with van der Waals surface area (Å²) in [5, 5.41) is 9.68. The standard InChI is InChI=1S/C24H29FN2O4S/c1-17-14-27(18(2)16-28)32(29,30)24-12-9-20(6-5-19-7-10-21(25)11-8-19)13-22(24)31-23(17)15-26(3)4/h7-13,17-18,23,28H,14-16H2,1-4H3/t17-,18+,23+/m0/s1. The zero-order valence-electron chi connectivity index (χ0n) is 18.7. The van der Waals surface area contributed by atoms with Crippen LogP contribution in [0.2, 0.25) is 0 Å². The molecule has 32 heavy (non-hydrogen) atoms. The summed E-state index contributed by atoms with van der Waals surface area (Å²) in [6, 6.07) is 10.0. The van der Waals surface area contributed by atoms with E-state index in [2.05, 4.69) is 11.8 Å². The van der Waals surface area contributed by atoms with E-state index in [1.165, 1.54) is 22.5 Å². The molecule has 3 atom stereocenters. The van der Waals surface area contributed by atoms with Crippen molar-refractivity contribution in [3.8, 4) is 17.6 Å². The summed E-state index contributed by atoms with van der Waals surface area (Å²) >= 11 is 0. The molecular weight excluding hydrogens is 431 g/mol. The Kier molecular flexibility index (Phi) is 7.57. The number of hydrogen-bond donors (Lipinski definition) is 1. The first-order valence-electron chi connectivity index (χ1n) is 10.5. The molecule has 0 aromatic heterocycles. The van der Waals surface area contributed by atoms with Crippen molar-refractivity contribution >= 4 is 10.0 Å². The normalized spacial score (nSPS) is 21.5. The van der Waals surface area contributed by atoms with Crippen molar-refractivity contribution in [3.63, 3.8) is 0 Å². The predicted octanol–water partition coefficient (Wildman–Crippen LogP) is 2.56. The Balaban J connectivity index is 2.07. The Labute approximate surface area is 189 Å². The van der Waals surface area contributed by atoms with E-state index >= 15 is 0 Å². The third-order valence-corrected chi connectivity index (χ3v) is 7.43. The number of sulfonamides is 1. The van der Waals surface area contributed by atoms with Crippen molar-refractivity contribution in [2.45, 2.75) is 30.9 Å². The van der Waals surface area contributed by atoms with Crippen molar-refractivity contribution < 1.29 is 22.7 Å². The highest BCUT2D eigenvalue weighted by Crippen LogP contribution is 2.34. The molecule has 6 nitrogen and oxygen atoms in total. The van der Waals surface area contributed by atoms with Crippen LogP contribution < -0.4 is 4.74 Å². The number of fused-ring (bicyclic) bond motifs is 1. The van der Waals surface area contributed by atoms with Gasteiger partial charge in [-0.15, -0.1) is 0 Å². The molecule has 1 heterocycles. The molecule has 2 aromatic rings. The van der Waals surface area contributed by atoms with Crippen LogP contribution in [0.4, 0.5) is 4.39 Å². The topological polar surface area (TPSA) is 70.1 Å². The maximum absolute atomic E-state index is 13.4. The van der Waals surface area contributed by atoms with Crippen LogP contribution in [0.3, 0.4) is 0 Å². The molecule has 1 aliphatic heterocycles. The van der Waals surface area contributed by atoms with Gasteiger partial charge in [0.2, 0.25) is 10.0 Å². The van der Waals surface area contributed by atoms with Crippen molar-refractivity contribution in [2.75, 3.05) is 33.8 Å². The van der Waals surface area contributed by atoms with Crippen LogP contribution in [0, 0.1) is 23.6 Å². The van der Waals surface area contributed by atoms with Crippen LogP contribution in [-0.4, -0.2) is 68.7 Å². The van der Waals surface area contributed by atoms with Gasteiger partial charge in [-0.05, 0) is 63.5 Å². The molecule has 0 unspecified atom stereocenters. The number of benzene rings is 2. The van der Waals surface area contributed by atoms with Crippen molar-refractivity contribution in [1.82, 2.24) is 9.21 Å². The zero-order chi connectivity index (χ0) is 23.5. The van der Waals surface area contributed by atoms with E-state index in [0.29, 0.717) is 17.7 Å². The van der Waals surface area contributed by atoms with Crippen LogP contribution in [0.5, 0.6) is 5.75 Å². The Morgan fingerprint density at radius 1 is 1.19 bits per heavy atom. The van der Waals surface area contributed by atoms with Gasteiger partial charge in [-0.25, -0.2) is 12.8 Å². The summed E-state index contributed by atoms with van der Waals surface area (Å²) in [7, 11) is -0.0111. The van der Waals surface area contributed by atoms with Crippen molar-refractivity contribution in [3.05, 3.63) is 59.4 Å². The highest BCUT2D eigenvalue weighted by Gasteiger charge is 2.37. The number of ether oxygens (including phenoxy) is 1. The molecule has 2 aromatic carbocycles. The lowest BCUT2D eigenvalue weighted by Crippen LogP contribution is -2.49. The van der Waals surface area contributed by atoms with Gasteiger partial charge in [0.25, 0.3) is 0 Å². The second-order valence-corrected chi connectivity index (χ2v) is 10.3. The molecule has 3 rings (SSSR count). The second-order valence-electron chi connectivity index (χ2n) is 8.42. The average molecular weight is 461 g/mol. The number of halogens is 1. The van der Waals surface area contributed by atoms with E-state index in [0.717, 1.165) is 0 Å². The number of aliphatic hydroxyl groups is 1. The summed E-state index contributed by atoms with van der Waals surface area (Å²) < 4.78 is 47.6.